The van der Waals surface area contributed by atoms with Crippen molar-refractivity contribution in [2.24, 2.45) is 0 Å². The Morgan fingerprint density at radius 1 is 1.06 bits per heavy atom. The molecule has 6 nitrogen and oxygen atoms in total. The van der Waals surface area contributed by atoms with Gasteiger partial charge in [0.15, 0.2) is 0 Å². The van der Waals surface area contributed by atoms with E-state index in [4.69, 9.17) is 11.6 Å². The fraction of sp³-hybridized carbons (Fsp3) is 0.192. The third-order valence-corrected chi connectivity index (χ3v) is 5.86. The van der Waals surface area contributed by atoms with Crippen LogP contribution in [0, 0.1) is 5.82 Å². The van der Waals surface area contributed by atoms with Crippen molar-refractivity contribution in [1.29, 1.82) is 0 Å². The van der Waals surface area contributed by atoms with Gasteiger partial charge in [0.25, 0.3) is 5.91 Å². The molecule has 0 saturated heterocycles. The van der Waals surface area contributed by atoms with E-state index in [-0.39, 0.29) is 17.6 Å². The van der Waals surface area contributed by atoms with Gasteiger partial charge in [-0.25, -0.2) is 9.37 Å². The van der Waals surface area contributed by atoms with Crippen molar-refractivity contribution in [1.82, 2.24) is 14.9 Å². The maximum atomic E-state index is 13.4. The quantitative estimate of drug-likeness (QED) is 0.353. The molecule has 0 bridgehead atoms. The van der Waals surface area contributed by atoms with Gasteiger partial charge in [-0.2, -0.15) is 0 Å². The number of anilines is 1. The number of amides is 2. The molecule has 2 aromatic heterocycles. The topological polar surface area (TPSA) is 76.0 Å². The smallest absolute Gasteiger partial charge is 0.257 e. The van der Waals surface area contributed by atoms with Crippen molar-refractivity contribution in [2.75, 3.05) is 5.32 Å². The predicted molar refractivity (Wildman–Crippen MR) is 132 cm³/mol. The summed E-state index contributed by atoms with van der Waals surface area (Å²) in [6, 6.07) is 15.2. The standard InChI is InChI=1S/C26H24ClFN4O2/c1-3-24(33)29-14-16-5-10-22(27)21(11-16)26(34)31-20-12-18-13-23(17-6-8-19(28)9-7-17)32(4-2)25(18)30-15-20/h5-13,15H,3-4,14H2,1-2H3,(H,29,33)(H,31,34). The summed E-state index contributed by atoms with van der Waals surface area (Å²) in [5.41, 5.74) is 4.17. The van der Waals surface area contributed by atoms with Crippen molar-refractivity contribution in [3.63, 3.8) is 0 Å². The van der Waals surface area contributed by atoms with Crippen LogP contribution in [-0.2, 0) is 17.9 Å². The zero-order chi connectivity index (χ0) is 24.2. The van der Waals surface area contributed by atoms with Crippen LogP contribution in [0.4, 0.5) is 10.1 Å². The summed E-state index contributed by atoms with van der Waals surface area (Å²) in [6.07, 6.45) is 1.99. The van der Waals surface area contributed by atoms with Crippen molar-refractivity contribution >= 4 is 40.1 Å². The van der Waals surface area contributed by atoms with Crippen LogP contribution in [0.25, 0.3) is 22.3 Å². The number of carbonyl (C=O) groups excluding carboxylic acids is 2. The minimum absolute atomic E-state index is 0.0700. The molecule has 2 heterocycles. The van der Waals surface area contributed by atoms with E-state index in [2.05, 4.69) is 15.6 Å². The molecule has 0 aliphatic heterocycles. The van der Waals surface area contributed by atoms with Gasteiger partial charge < -0.3 is 15.2 Å². The molecule has 0 radical (unpaired) electrons. The molecular formula is C26H24ClFN4O2. The second kappa shape index (κ2) is 10.1. The fourth-order valence-corrected chi connectivity index (χ4v) is 3.98. The first-order valence-corrected chi connectivity index (χ1v) is 11.4. The lowest BCUT2D eigenvalue weighted by molar-refractivity contribution is -0.120. The zero-order valence-corrected chi connectivity index (χ0v) is 19.6. The lowest BCUT2D eigenvalue weighted by Gasteiger charge is -2.10. The van der Waals surface area contributed by atoms with Gasteiger partial charge in [-0.1, -0.05) is 24.6 Å². The average molecular weight is 479 g/mol. The minimum atomic E-state index is -0.372. The van der Waals surface area contributed by atoms with Gasteiger partial charge in [-0.15, -0.1) is 0 Å². The Kier molecular flexibility index (Phi) is 6.93. The van der Waals surface area contributed by atoms with Crippen LogP contribution >= 0.6 is 11.6 Å². The Balaban J connectivity index is 1.59. The Morgan fingerprint density at radius 3 is 2.53 bits per heavy atom. The summed E-state index contributed by atoms with van der Waals surface area (Å²) < 4.78 is 15.4. The highest BCUT2D eigenvalue weighted by molar-refractivity contribution is 6.34. The summed E-state index contributed by atoms with van der Waals surface area (Å²) >= 11 is 6.27. The van der Waals surface area contributed by atoms with E-state index in [1.54, 1.807) is 43.5 Å². The summed E-state index contributed by atoms with van der Waals surface area (Å²) in [5, 5.41) is 6.80. The molecule has 0 fully saturated rings. The van der Waals surface area contributed by atoms with Gasteiger partial charge in [-0.3, -0.25) is 9.59 Å². The van der Waals surface area contributed by atoms with E-state index >= 15 is 0 Å². The number of nitrogens with zero attached hydrogens (tertiary/aromatic N) is 2. The van der Waals surface area contributed by atoms with Crippen LogP contribution in [0.3, 0.4) is 0 Å². The molecule has 8 heteroatoms. The normalized spacial score (nSPS) is 10.9. The van der Waals surface area contributed by atoms with Gasteiger partial charge in [0.05, 0.1) is 28.2 Å². The number of aryl methyl sites for hydroxylation is 1. The average Bonchev–Trinajstić information content (AvgIpc) is 3.21. The summed E-state index contributed by atoms with van der Waals surface area (Å²) in [5.74, 6) is -0.732. The molecule has 0 unspecified atom stereocenters. The molecule has 0 aliphatic rings. The van der Waals surface area contributed by atoms with Gasteiger partial charge in [0.2, 0.25) is 5.91 Å². The fourth-order valence-electron chi connectivity index (χ4n) is 3.77. The number of aromatic nitrogens is 2. The summed E-state index contributed by atoms with van der Waals surface area (Å²) in [4.78, 5) is 29.0. The molecule has 0 spiro atoms. The third-order valence-electron chi connectivity index (χ3n) is 5.53. The highest BCUT2D eigenvalue weighted by atomic mass is 35.5. The van der Waals surface area contributed by atoms with Crippen molar-refractivity contribution in [2.45, 2.75) is 33.4 Å². The lowest BCUT2D eigenvalue weighted by Crippen LogP contribution is -2.21. The highest BCUT2D eigenvalue weighted by Crippen LogP contribution is 2.29. The Bertz CT molecular complexity index is 1370. The zero-order valence-electron chi connectivity index (χ0n) is 18.9. The second-order valence-corrected chi connectivity index (χ2v) is 8.22. The number of hydrogen-bond donors (Lipinski definition) is 2. The largest absolute Gasteiger partial charge is 0.352 e. The Hall–Kier alpha value is -3.71. The van der Waals surface area contributed by atoms with Gasteiger partial charge in [-0.05, 0) is 66.6 Å². The second-order valence-electron chi connectivity index (χ2n) is 7.82. The monoisotopic (exact) mass is 478 g/mol. The molecule has 2 aromatic carbocycles. The number of hydrogen-bond acceptors (Lipinski definition) is 3. The molecule has 0 aliphatic carbocycles. The SMILES string of the molecule is CCC(=O)NCc1ccc(Cl)c(C(=O)Nc2cnc3c(c2)cc(-c2ccc(F)cc2)n3CC)c1. The van der Waals surface area contributed by atoms with E-state index < -0.39 is 0 Å². The number of rotatable bonds is 7. The van der Waals surface area contributed by atoms with Crippen LogP contribution in [-0.4, -0.2) is 21.4 Å². The van der Waals surface area contributed by atoms with E-state index in [0.717, 1.165) is 27.9 Å². The first kappa shape index (κ1) is 23.4. The van der Waals surface area contributed by atoms with Gasteiger partial charge in [0.1, 0.15) is 11.5 Å². The van der Waals surface area contributed by atoms with Crippen molar-refractivity contribution in [3.8, 4) is 11.3 Å². The number of carbonyl (C=O) groups is 2. The molecule has 2 amide bonds. The van der Waals surface area contributed by atoms with Crippen molar-refractivity contribution in [3.05, 3.63) is 82.8 Å². The number of pyridine rings is 1. The molecule has 34 heavy (non-hydrogen) atoms. The summed E-state index contributed by atoms with van der Waals surface area (Å²) in [7, 11) is 0. The molecule has 0 saturated carbocycles. The van der Waals surface area contributed by atoms with Crippen LogP contribution in [0.2, 0.25) is 5.02 Å². The summed E-state index contributed by atoms with van der Waals surface area (Å²) in [6.45, 7) is 4.79. The number of nitrogens with one attached hydrogen (secondary N) is 2. The van der Waals surface area contributed by atoms with Crippen LogP contribution in [0.1, 0.15) is 36.2 Å². The van der Waals surface area contributed by atoms with E-state index in [9.17, 15) is 14.0 Å². The van der Waals surface area contributed by atoms with E-state index in [0.29, 0.717) is 35.8 Å². The van der Waals surface area contributed by atoms with Crippen LogP contribution in [0.15, 0.2) is 60.8 Å². The van der Waals surface area contributed by atoms with Crippen molar-refractivity contribution < 1.29 is 14.0 Å². The number of benzene rings is 2. The third kappa shape index (κ3) is 4.94. The maximum absolute atomic E-state index is 13.4. The molecule has 0 atom stereocenters. The van der Waals surface area contributed by atoms with E-state index in [1.165, 1.54) is 12.1 Å². The van der Waals surface area contributed by atoms with Crippen LogP contribution in [0.5, 0.6) is 0 Å². The van der Waals surface area contributed by atoms with E-state index in [1.807, 2.05) is 23.6 Å². The Labute approximate surface area is 201 Å². The Morgan fingerprint density at radius 2 is 1.82 bits per heavy atom. The minimum Gasteiger partial charge on any atom is -0.352 e. The molecule has 174 valence electrons. The van der Waals surface area contributed by atoms with Gasteiger partial charge in [0, 0.05) is 24.9 Å². The first-order valence-electron chi connectivity index (χ1n) is 11.0. The number of halogens is 2. The first-order chi connectivity index (χ1) is 16.4. The lowest BCUT2D eigenvalue weighted by atomic mass is 10.1. The highest BCUT2D eigenvalue weighted by Gasteiger charge is 2.15. The van der Waals surface area contributed by atoms with Gasteiger partial charge >= 0.3 is 0 Å². The van der Waals surface area contributed by atoms with Crippen LogP contribution < -0.4 is 10.6 Å². The predicted octanol–water partition coefficient (Wildman–Crippen LogP) is 5.79. The number of fused-ring (bicyclic) bond motifs is 1. The molecule has 2 N–H and O–H groups in total. The molecule has 4 rings (SSSR count). The molecule has 4 aromatic rings. The maximum Gasteiger partial charge on any atom is 0.257 e. The molecular weight excluding hydrogens is 455 g/mol.